The summed E-state index contributed by atoms with van der Waals surface area (Å²) in [6.45, 7) is 4.71. The molecule has 1 aliphatic rings. The second-order valence-corrected chi connectivity index (χ2v) is 5.77. The van der Waals surface area contributed by atoms with Crippen LogP contribution in [0, 0.1) is 0 Å². The zero-order valence-electron chi connectivity index (χ0n) is 12.0. The minimum atomic E-state index is 0.260. The number of halogens is 2. The number of piperidine rings is 1. The first kappa shape index (κ1) is 15.7. The van der Waals surface area contributed by atoms with Crippen molar-refractivity contribution in [2.24, 2.45) is 0 Å². The number of hydrogen-bond donors (Lipinski definition) is 1. The van der Waals surface area contributed by atoms with Crippen LogP contribution in [-0.2, 0) is 4.74 Å². The number of aromatic nitrogens is 1. The predicted molar refractivity (Wildman–Crippen MR) is 85.3 cm³/mol. The van der Waals surface area contributed by atoms with E-state index in [4.69, 9.17) is 27.9 Å². The van der Waals surface area contributed by atoms with Gasteiger partial charge in [0.05, 0.1) is 16.1 Å². The van der Waals surface area contributed by atoms with E-state index in [2.05, 4.69) is 22.1 Å². The Morgan fingerprint density at radius 1 is 1.45 bits per heavy atom. The van der Waals surface area contributed by atoms with Gasteiger partial charge in [0.15, 0.2) is 0 Å². The largest absolute Gasteiger partial charge is 0.376 e. The summed E-state index contributed by atoms with van der Waals surface area (Å²) in [6.07, 6.45) is 3.49. The van der Waals surface area contributed by atoms with E-state index in [0.717, 1.165) is 44.8 Å². The van der Waals surface area contributed by atoms with Crippen molar-refractivity contribution < 1.29 is 4.74 Å². The van der Waals surface area contributed by atoms with Crippen LogP contribution in [0.15, 0.2) is 6.07 Å². The molecule has 1 saturated heterocycles. The van der Waals surface area contributed by atoms with Crippen molar-refractivity contribution in [1.29, 1.82) is 0 Å². The van der Waals surface area contributed by atoms with Crippen molar-refractivity contribution in [2.75, 3.05) is 37.0 Å². The number of nitrogens with one attached hydrogen (secondary N) is 1. The number of pyridine rings is 1. The Bertz CT molecular complexity index is 456. The summed E-state index contributed by atoms with van der Waals surface area (Å²) >= 11 is 12.4. The first-order chi connectivity index (χ1) is 9.65. The van der Waals surface area contributed by atoms with Crippen LogP contribution in [0.2, 0.25) is 10.0 Å². The van der Waals surface area contributed by atoms with Gasteiger partial charge >= 0.3 is 0 Å². The Morgan fingerprint density at radius 3 is 2.95 bits per heavy atom. The van der Waals surface area contributed by atoms with Crippen LogP contribution in [0.25, 0.3) is 0 Å². The highest BCUT2D eigenvalue weighted by Crippen LogP contribution is 2.32. The van der Waals surface area contributed by atoms with E-state index >= 15 is 0 Å². The molecule has 0 aliphatic carbocycles. The van der Waals surface area contributed by atoms with Crippen LogP contribution in [0.5, 0.6) is 0 Å². The molecule has 1 atom stereocenters. The number of nitrogens with zero attached hydrogens (tertiary/aromatic N) is 2. The van der Waals surface area contributed by atoms with Gasteiger partial charge in [-0.1, -0.05) is 30.1 Å². The normalized spacial score (nSPS) is 19.2. The van der Waals surface area contributed by atoms with Crippen molar-refractivity contribution in [1.82, 2.24) is 4.98 Å². The van der Waals surface area contributed by atoms with Crippen LogP contribution in [0.3, 0.4) is 0 Å². The fraction of sp³-hybridized carbons (Fsp3) is 0.643. The maximum Gasteiger partial charge on any atom is 0.150 e. The average molecular weight is 318 g/mol. The maximum atomic E-state index is 6.29. The Hall–Kier alpha value is -0.710. The van der Waals surface area contributed by atoms with Gasteiger partial charge in [0.25, 0.3) is 0 Å². The molecule has 1 fully saturated rings. The van der Waals surface area contributed by atoms with Crippen molar-refractivity contribution in [3.05, 3.63) is 16.1 Å². The first-order valence-corrected chi connectivity index (χ1v) is 7.81. The summed E-state index contributed by atoms with van der Waals surface area (Å²) < 4.78 is 5.85. The zero-order chi connectivity index (χ0) is 14.5. The standard InChI is InChI=1S/C14H21Cl2N3O/c1-3-7-20-10-5-4-6-19(9-10)14-12(16)8-11(15)13(17-2)18-14/h8,10H,3-7,9H2,1-2H3,(H,17,18). The minimum absolute atomic E-state index is 0.260. The lowest BCUT2D eigenvalue weighted by Crippen LogP contribution is -2.40. The molecule has 0 radical (unpaired) electrons. The molecule has 1 aromatic rings. The molecule has 0 aromatic carbocycles. The highest BCUT2D eigenvalue weighted by Gasteiger charge is 2.23. The second-order valence-electron chi connectivity index (χ2n) is 4.96. The monoisotopic (exact) mass is 317 g/mol. The molecule has 1 N–H and O–H groups in total. The van der Waals surface area contributed by atoms with E-state index in [9.17, 15) is 0 Å². The molecule has 112 valence electrons. The fourth-order valence-electron chi connectivity index (χ4n) is 2.41. The molecule has 4 nitrogen and oxygen atoms in total. The van der Waals surface area contributed by atoms with Gasteiger partial charge in [-0.05, 0) is 25.3 Å². The smallest absolute Gasteiger partial charge is 0.150 e. The van der Waals surface area contributed by atoms with Crippen LogP contribution >= 0.6 is 23.2 Å². The lowest BCUT2D eigenvalue weighted by molar-refractivity contribution is 0.0439. The molecule has 20 heavy (non-hydrogen) atoms. The molecular formula is C14H21Cl2N3O. The summed E-state index contributed by atoms with van der Waals surface area (Å²) in [5.74, 6) is 1.44. The van der Waals surface area contributed by atoms with E-state index in [1.807, 2.05) is 0 Å². The average Bonchev–Trinajstić information content (AvgIpc) is 2.45. The molecule has 0 bridgehead atoms. The summed E-state index contributed by atoms with van der Waals surface area (Å²) in [7, 11) is 1.80. The number of rotatable bonds is 5. The van der Waals surface area contributed by atoms with Gasteiger partial charge in [0.2, 0.25) is 0 Å². The Morgan fingerprint density at radius 2 is 2.25 bits per heavy atom. The van der Waals surface area contributed by atoms with E-state index in [1.165, 1.54) is 0 Å². The quantitative estimate of drug-likeness (QED) is 0.895. The highest BCUT2D eigenvalue weighted by molar-refractivity contribution is 6.37. The van der Waals surface area contributed by atoms with Gasteiger partial charge in [0.1, 0.15) is 11.6 Å². The van der Waals surface area contributed by atoms with Crippen molar-refractivity contribution in [3.63, 3.8) is 0 Å². The molecule has 1 aliphatic heterocycles. The van der Waals surface area contributed by atoms with Crippen LogP contribution < -0.4 is 10.2 Å². The zero-order valence-corrected chi connectivity index (χ0v) is 13.5. The summed E-state index contributed by atoms with van der Waals surface area (Å²) in [5.41, 5.74) is 0. The maximum absolute atomic E-state index is 6.29. The Kier molecular flexibility index (Phi) is 5.75. The van der Waals surface area contributed by atoms with E-state index < -0.39 is 0 Å². The van der Waals surface area contributed by atoms with Gasteiger partial charge in [-0.3, -0.25) is 0 Å². The van der Waals surface area contributed by atoms with E-state index in [-0.39, 0.29) is 6.10 Å². The van der Waals surface area contributed by atoms with Crippen molar-refractivity contribution >= 4 is 34.8 Å². The van der Waals surface area contributed by atoms with Crippen LogP contribution in [-0.4, -0.2) is 37.8 Å². The van der Waals surface area contributed by atoms with Crippen molar-refractivity contribution in [2.45, 2.75) is 32.3 Å². The SMILES string of the molecule is CCCOC1CCCN(c2nc(NC)c(Cl)cc2Cl)C1. The molecule has 1 aromatic heterocycles. The number of ether oxygens (including phenoxy) is 1. The molecular weight excluding hydrogens is 297 g/mol. The number of anilines is 2. The van der Waals surface area contributed by atoms with Gasteiger partial charge < -0.3 is 15.0 Å². The van der Waals surface area contributed by atoms with Gasteiger partial charge in [-0.2, -0.15) is 0 Å². The highest BCUT2D eigenvalue weighted by atomic mass is 35.5. The predicted octanol–water partition coefficient (Wildman–Crippen LogP) is 3.83. The third-order valence-electron chi connectivity index (χ3n) is 3.38. The van der Waals surface area contributed by atoms with Crippen LogP contribution in [0.4, 0.5) is 11.6 Å². The fourth-order valence-corrected chi connectivity index (χ4v) is 2.98. The van der Waals surface area contributed by atoms with Gasteiger partial charge in [-0.15, -0.1) is 0 Å². The topological polar surface area (TPSA) is 37.4 Å². The van der Waals surface area contributed by atoms with Crippen LogP contribution in [0.1, 0.15) is 26.2 Å². The molecule has 2 heterocycles. The summed E-state index contributed by atoms with van der Waals surface area (Å²) in [5, 5.41) is 4.11. The van der Waals surface area contributed by atoms with Crippen molar-refractivity contribution in [3.8, 4) is 0 Å². The van der Waals surface area contributed by atoms with E-state index in [1.54, 1.807) is 13.1 Å². The third kappa shape index (κ3) is 3.68. The Labute approximate surface area is 130 Å². The minimum Gasteiger partial charge on any atom is -0.376 e. The molecule has 0 saturated carbocycles. The van der Waals surface area contributed by atoms with Gasteiger partial charge in [0, 0.05) is 26.7 Å². The second kappa shape index (κ2) is 7.34. The molecule has 0 amide bonds. The lowest BCUT2D eigenvalue weighted by atomic mass is 10.1. The molecule has 1 unspecified atom stereocenters. The van der Waals surface area contributed by atoms with Gasteiger partial charge in [-0.25, -0.2) is 4.98 Å². The number of hydrogen-bond acceptors (Lipinski definition) is 4. The Balaban J connectivity index is 2.14. The summed E-state index contributed by atoms with van der Waals surface area (Å²) in [4.78, 5) is 6.71. The lowest BCUT2D eigenvalue weighted by Gasteiger charge is -2.34. The third-order valence-corrected chi connectivity index (χ3v) is 3.95. The summed E-state index contributed by atoms with van der Waals surface area (Å²) in [6, 6.07) is 1.74. The molecule has 0 spiro atoms. The molecule has 6 heteroatoms. The van der Waals surface area contributed by atoms with E-state index in [0.29, 0.717) is 15.9 Å². The molecule has 2 rings (SSSR count). The first-order valence-electron chi connectivity index (χ1n) is 7.06.